The lowest BCUT2D eigenvalue weighted by Gasteiger charge is -2.35. The maximum Gasteiger partial charge on any atom is 0.220 e. The number of hydrogen-bond acceptors (Lipinski definition) is 5. The van der Waals surface area contributed by atoms with Gasteiger partial charge in [0.2, 0.25) is 10.0 Å². The zero-order valence-corrected chi connectivity index (χ0v) is 15.4. The highest BCUT2D eigenvalue weighted by molar-refractivity contribution is 7.88. The molecule has 0 spiro atoms. The van der Waals surface area contributed by atoms with E-state index in [2.05, 4.69) is 35.2 Å². The first-order chi connectivity index (χ1) is 12.5. The summed E-state index contributed by atoms with van der Waals surface area (Å²) in [5, 5.41) is 4.72. The van der Waals surface area contributed by atoms with Crippen molar-refractivity contribution in [3.63, 3.8) is 0 Å². The Kier molecular flexibility index (Phi) is 4.42. The monoisotopic (exact) mass is 371 g/mol. The first-order valence-electron chi connectivity index (χ1n) is 8.66. The predicted molar refractivity (Wildman–Crippen MR) is 102 cm³/mol. The van der Waals surface area contributed by atoms with E-state index in [-0.39, 0.29) is 5.75 Å². The number of hydrogen-bond donors (Lipinski definition) is 0. The molecule has 0 saturated carbocycles. The van der Waals surface area contributed by atoms with E-state index in [1.165, 1.54) is 5.56 Å². The van der Waals surface area contributed by atoms with Gasteiger partial charge >= 0.3 is 0 Å². The number of aromatic nitrogens is 1. The number of fused-ring (bicyclic) bond motifs is 1. The number of aryl methyl sites for hydroxylation is 1. The van der Waals surface area contributed by atoms with Gasteiger partial charge in [0.1, 0.15) is 11.4 Å². The Bertz CT molecular complexity index is 1020. The summed E-state index contributed by atoms with van der Waals surface area (Å²) in [7, 11) is -3.43. The fourth-order valence-electron chi connectivity index (χ4n) is 3.36. The number of sulfonamides is 1. The van der Waals surface area contributed by atoms with Crippen molar-refractivity contribution in [1.82, 2.24) is 9.46 Å². The molecule has 0 atom stereocenters. The molecule has 0 unspecified atom stereocenters. The first-order valence-corrected chi connectivity index (χ1v) is 10.3. The summed E-state index contributed by atoms with van der Waals surface area (Å²) in [6.07, 6.45) is 0. The van der Waals surface area contributed by atoms with E-state index in [4.69, 9.17) is 4.52 Å². The Morgan fingerprint density at radius 2 is 1.81 bits per heavy atom. The molecule has 3 aromatic rings. The lowest BCUT2D eigenvalue weighted by atomic mass is 10.2. The van der Waals surface area contributed by atoms with E-state index >= 15 is 0 Å². The third kappa shape index (κ3) is 3.32. The van der Waals surface area contributed by atoms with Gasteiger partial charge < -0.3 is 9.42 Å². The molecule has 2 aromatic carbocycles. The minimum absolute atomic E-state index is 0.130. The van der Waals surface area contributed by atoms with Gasteiger partial charge in [0, 0.05) is 37.3 Å². The Balaban J connectivity index is 1.46. The first kappa shape index (κ1) is 17.1. The van der Waals surface area contributed by atoms with E-state index in [9.17, 15) is 8.42 Å². The molecule has 6 nitrogen and oxygen atoms in total. The molecule has 0 amide bonds. The van der Waals surface area contributed by atoms with Crippen LogP contribution in [-0.2, 0) is 15.8 Å². The highest BCUT2D eigenvalue weighted by Crippen LogP contribution is 2.23. The van der Waals surface area contributed by atoms with Crippen LogP contribution in [0.1, 0.15) is 11.3 Å². The zero-order chi connectivity index (χ0) is 18.1. The molecule has 136 valence electrons. The number of para-hydroxylation sites is 1. The maximum absolute atomic E-state index is 12.8. The van der Waals surface area contributed by atoms with Gasteiger partial charge in [0.15, 0.2) is 5.58 Å². The van der Waals surface area contributed by atoms with Crippen LogP contribution in [0.3, 0.4) is 0 Å². The summed E-state index contributed by atoms with van der Waals surface area (Å²) < 4.78 is 32.4. The predicted octanol–water partition coefficient (Wildman–Crippen LogP) is 2.79. The second-order valence-electron chi connectivity index (χ2n) is 6.61. The number of rotatable bonds is 4. The number of piperazine rings is 1. The molecule has 7 heteroatoms. The topological polar surface area (TPSA) is 66.7 Å². The van der Waals surface area contributed by atoms with Crippen LogP contribution in [0.25, 0.3) is 11.0 Å². The van der Waals surface area contributed by atoms with Gasteiger partial charge in [-0.05, 0) is 36.8 Å². The Morgan fingerprint density at radius 3 is 2.58 bits per heavy atom. The average Bonchev–Trinajstić information content (AvgIpc) is 3.04. The van der Waals surface area contributed by atoms with Crippen molar-refractivity contribution in [3.05, 3.63) is 59.8 Å². The minimum atomic E-state index is -3.43. The summed E-state index contributed by atoms with van der Waals surface area (Å²) in [4.78, 5) is 2.23. The van der Waals surface area contributed by atoms with E-state index < -0.39 is 10.0 Å². The van der Waals surface area contributed by atoms with Crippen molar-refractivity contribution in [1.29, 1.82) is 0 Å². The molecule has 0 radical (unpaired) electrons. The second-order valence-corrected chi connectivity index (χ2v) is 8.58. The Morgan fingerprint density at radius 1 is 1.04 bits per heavy atom. The van der Waals surface area contributed by atoms with E-state index in [0.717, 1.165) is 11.1 Å². The standard InChI is InChI=1S/C19H21N3O3S/c1-15-5-4-6-16(13-15)21-9-11-22(12-10-21)26(23,24)14-18-17-7-2-3-8-19(17)25-20-18/h2-8,13H,9-12,14H2,1H3. The molecule has 1 aliphatic rings. The molecule has 26 heavy (non-hydrogen) atoms. The van der Waals surface area contributed by atoms with Gasteiger partial charge in [-0.2, -0.15) is 4.31 Å². The van der Waals surface area contributed by atoms with Gasteiger partial charge in [0.25, 0.3) is 0 Å². The van der Waals surface area contributed by atoms with Crippen LogP contribution >= 0.6 is 0 Å². The van der Waals surface area contributed by atoms with Crippen LogP contribution < -0.4 is 4.90 Å². The summed E-state index contributed by atoms with van der Waals surface area (Å²) in [6, 6.07) is 15.6. The SMILES string of the molecule is Cc1cccc(N2CCN(S(=O)(=O)Cc3noc4ccccc34)CC2)c1. The average molecular weight is 371 g/mol. The zero-order valence-electron chi connectivity index (χ0n) is 14.6. The van der Waals surface area contributed by atoms with Gasteiger partial charge in [-0.15, -0.1) is 0 Å². The Labute approximate surface area is 153 Å². The van der Waals surface area contributed by atoms with Crippen LogP contribution in [0.2, 0.25) is 0 Å². The minimum Gasteiger partial charge on any atom is -0.369 e. The van der Waals surface area contributed by atoms with Gasteiger partial charge in [-0.3, -0.25) is 0 Å². The largest absolute Gasteiger partial charge is 0.369 e. The van der Waals surface area contributed by atoms with Crippen LogP contribution in [0.15, 0.2) is 53.1 Å². The summed E-state index contributed by atoms with van der Waals surface area (Å²) in [5.74, 6) is -0.130. The molecular weight excluding hydrogens is 350 g/mol. The number of nitrogens with zero attached hydrogens (tertiary/aromatic N) is 3. The molecule has 0 N–H and O–H groups in total. The molecule has 1 fully saturated rings. The van der Waals surface area contributed by atoms with Crippen molar-refractivity contribution in [2.45, 2.75) is 12.7 Å². The Hall–Kier alpha value is -2.38. The lowest BCUT2D eigenvalue weighted by molar-refractivity contribution is 0.383. The fourth-order valence-corrected chi connectivity index (χ4v) is 4.81. The van der Waals surface area contributed by atoms with Crippen LogP contribution in [0.5, 0.6) is 0 Å². The molecule has 0 bridgehead atoms. The smallest absolute Gasteiger partial charge is 0.220 e. The van der Waals surface area contributed by atoms with Gasteiger partial charge in [-0.1, -0.05) is 29.4 Å². The van der Waals surface area contributed by atoms with Gasteiger partial charge in [-0.25, -0.2) is 8.42 Å². The molecule has 2 heterocycles. The highest BCUT2D eigenvalue weighted by atomic mass is 32.2. The van der Waals surface area contributed by atoms with Crippen LogP contribution in [0, 0.1) is 6.92 Å². The van der Waals surface area contributed by atoms with Crippen LogP contribution in [0.4, 0.5) is 5.69 Å². The fraction of sp³-hybridized carbons (Fsp3) is 0.316. The lowest BCUT2D eigenvalue weighted by Crippen LogP contribution is -2.49. The molecular formula is C19H21N3O3S. The van der Waals surface area contributed by atoms with Gasteiger partial charge in [0.05, 0.1) is 0 Å². The third-order valence-corrected chi connectivity index (χ3v) is 6.56. The van der Waals surface area contributed by atoms with Crippen molar-refractivity contribution in [2.75, 3.05) is 31.1 Å². The summed E-state index contributed by atoms with van der Waals surface area (Å²) >= 11 is 0. The second kappa shape index (κ2) is 6.74. The number of benzene rings is 2. The maximum atomic E-state index is 12.8. The van der Waals surface area contributed by atoms with E-state index in [0.29, 0.717) is 37.5 Å². The summed E-state index contributed by atoms with van der Waals surface area (Å²) in [6.45, 7) is 4.38. The third-order valence-electron chi connectivity index (χ3n) is 4.77. The number of anilines is 1. The normalized spacial score (nSPS) is 16.3. The molecule has 0 aliphatic carbocycles. The van der Waals surface area contributed by atoms with E-state index in [1.807, 2.05) is 24.3 Å². The van der Waals surface area contributed by atoms with Crippen molar-refractivity contribution in [2.24, 2.45) is 0 Å². The molecule has 1 aliphatic heterocycles. The van der Waals surface area contributed by atoms with Crippen LogP contribution in [-0.4, -0.2) is 44.1 Å². The van der Waals surface area contributed by atoms with Crippen molar-refractivity contribution < 1.29 is 12.9 Å². The quantitative estimate of drug-likeness (QED) is 0.705. The van der Waals surface area contributed by atoms with Crippen molar-refractivity contribution in [3.8, 4) is 0 Å². The summed E-state index contributed by atoms with van der Waals surface area (Å²) in [5.41, 5.74) is 3.43. The van der Waals surface area contributed by atoms with Crippen molar-refractivity contribution >= 4 is 26.7 Å². The molecule has 1 aromatic heterocycles. The van der Waals surface area contributed by atoms with E-state index in [1.54, 1.807) is 10.4 Å². The highest BCUT2D eigenvalue weighted by Gasteiger charge is 2.29. The molecule has 4 rings (SSSR count). The molecule has 1 saturated heterocycles.